The van der Waals surface area contributed by atoms with Crippen molar-refractivity contribution >= 4 is 21.4 Å². The number of non-ortho nitro benzene ring substituents is 1. The topological polar surface area (TPSA) is 105 Å². The van der Waals surface area contributed by atoms with Gasteiger partial charge >= 0.3 is 0 Å². The molecule has 2 aliphatic rings. The maximum Gasteiger partial charge on any atom is 0.276 e. The van der Waals surface area contributed by atoms with Crippen LogP contribution in [0.5, 0.6) is 0 Å². The predicted octanol–water partition coefficient (Wildman–Crippen LogP) is 5.34. The number of hydrogen-bond acceptors (Lipinski definition) is 6. The Morgan fingerprint density at radius 3 is 2.22 bits per heavy atom. The van der Waals surface area contributed by atoms with E-state index in [1.807, 2.05) is 37.3 Å². The van der Waals surface area contributed by atoms with Crippen LogP contribution in [0.3, 0.4) is 0 Å². The Bertz CT molecular complexity index is 1380. The summed E-state index contributed by atoms with van der Waals surface area (Å²) in [4.78, 5) is 15.8. The van der Waals surface area contributed by atoms with E-state index in [9.17, 15) is 18.5 Å². The van der Waals surface area contributed by atoms with Crippen molar-refractivity contribution in [3.8, 4) is 0 Å². The molecular weight excluding hydrogens is 488 g/mol. The normalized spacial score (nSPS) is 22.4. The number of benzene rings is 3. The summed E-state index contributed by atoms with van der Waals surface area (Å²) >= 11 is 0. The van der Waals surface area contributed by atoms with Crippen molar-refractivity contribution in [2.24, 2.45) is 5.10 Å². The fourth-order valence-corrected chi connectivity index (χ4v) is 6.13. The third-order valence-corrected chi connectivity index (χ3v) is 8.49. The molecule has 1 aliphatic heterocycles. The fourth-order valence-electron chi connectivity index (χ4n) is 5.31. The highest BCUT2D eigenvalue weighted by atomic mass is 32.2. The first-order valence-corrected chi connectivity index (χ1v) is 14.1. The van der Waals surface area contributed by atoms with Crippen LogP contribution in [0.2, 0.25) is 0 Å². The number of nitro groups is 1. The zero-order valence-corrected chi connectivity index (χ0v) is 21.5. The molecule has 1 saturated heterocycles. The van der Waals surface area contributed by atoms with E-state index in [1.165, 1.54) is 18.6 Å². The molecule has 37 heavy (non-hydrogen) atoms. The zero-order valence-electron chi connectivity index (χ0n) is 20.7. The third kappa shape index (κ3) is 5.42. The molecule has 9 heteroatoms. The van der Waals surface area contributed by atoms with Crippen molar-refractivity contribution in [1.82, 2.24) is 9.73 Å². The minimum atomic E-state index is -3.86. The van der Waals surface area contributed by atoms with Crippen LogP contribution in [0.15, 0.2) is 88.9 Å². The van der Waals surface area contributed by atoms with Crippen LogP contribution in [-0.2, 0) is 10.0 Å². The lowest BCUT2D eigenvalue weighted by Crippen LogP contribution is -2.28. The molecule has 3 aromatic carbocycles. The molecule has 1 unspecified atom stereocenters. The molecule has 1 heterocycles. The summed E-state index contributed by atoms with van der Waals surface area (Å²) in [6, 6.07) is 23.1. The molecule has 0 amide bonds. The number of aryl methyl sites for hydroxylation is 1. The van der Waals surface area contributed by atoms with Gasteiger partial charge in [0.15, 0.2) is 0 Å². The van der Waals surface area contributed by atoms with Gasteiger partial charge in [0.1, 0.15) is 0 Å². The van der Waals surface area contributed by atoms with Gasteiger partial charge in [-0.1, -0.05) is 79.4 Å². The molecule has 3 aromatic rings. The van der Waals surface area contributed by atoms with Crippen LogP contribution in [0.25, 0.3) is 0 Å². The summed E-state index contributed by atoms with van der Waals surface area (Å²) < 4.78 is 26.1. The van der Waals surface area contributed by atoms with E-state index in [0.717, 1.165) is 42.4 Å². The van der Waals surface area contributed by atoms with Crippen LogP contribution in [0, 0.1) is 17.0 Å². The summed E-state index contributed by atoms with van der Waals surface area (Å²) in [7, 11) is -3.86. The average molecular weight is 519 g/mol. The number of nitrogens with zero attached hydrogens (tertiary/aromatic N) is 3. The lowest BCUT2D eigenvalue weighted by molar-refractivity contribution is -0.384. The van der Waals surface area contributed by atoms with Gasteiger partial charge in [0.2, 0.25) is 0 Å². The summed E-state index contributed by atoms with van der Waals surface area (Å²) in [6.07, 6.45) is 5.65. The molecule has 0 radical (unpaired) electrons. The van der Waals surface area contributed by atoms with E-state index >= 15 is 0 Å². The maximum absolute atomic E-state index is 13.1. The van der Waals surface area contributed by atoms with Crippen LogP contribution in [-0.4, -0.2) is 36.0 Å². The Labute approximate surface area is 217 Å². The molecule has 1 saturated carbocycles. The van der Waals surface area contributed by atoms with Crippen molar-refractivity contribution in [3.63, 3.8) is 0 Å². The summed E-state index contributed by atoms with van der Waals surface area (Å²) in [5.41, 5.74) is 3.47. The Kier molecular flexibility index (Phi) is 7.08. The number of hydrazone groups is 1. The first-order chi connectivity index (χ1) is 17.8. The second kappa shape index (κ2) is 10.4. The van der Waals surface area contributed by atoms with Gasteiger partial charge in [0.05, 0.1) is 27.6 Å². The number of hydrogen-bond donors (Lipinski definition) is 1. The van der Waals surface area contributed by atoms with Crippen molar-refractivity contribution < 1.29 is 13.3 Å². The van der Waals surface area contributed by atoms with E-state index in [-0.39, 0.29) is 22.7 Å². The molecular formula is C28H30N4O4S. The molecule has 8 nitrogen and oxygen atoms in total. The Morgan fingerprint density at radius 2 is 1.59 bits per heavy atom. The highest BCUT2D eigenvalue weighted by Crippen LogP contribution is 2.49. The SMILES string of the molecule is Cc1ccc(S(=O)(=O)N/N=C(\c2ccccc2)[C@H]2[C@@H](c3ccc([N+](=O)[O-])cc3)N2C2CCCCC2)cc1. The lowest BCUT2D eigenvalue weighted by atomic mass is 9.95. The van der Waals surface area contributed by atoms with Gasteiger partial charge in [-0.3, -0.25) is 15.0 Å². The van der Waals surface area contributed by atoms with E-state index < -0.39 is 14.9 Å². The molecule has 5 rings (SSSR count). The minimum absolute atomic E-state index is 0.0354. The van der Waals surface area contributed by atoms with Crippen LogP contribution in [0.1, 0.15) is 54.8 Å². The Morgan fingerprint density at radius 1 is 0.946 bits per heavy atom. The van der Waals surface area contributed by atoms with E-state index in [2.05, 4.69) is 14.8 Å². The summed E-state index contributed by atoms with van der Waals surface area (Å²) in [5, 5.41) is 15.7. The van der Waals surface area contributed by atoms with Gasteiger partial charge in [-0.2, -0.15) is 18.4 Å². The van der Waals surface area contributed by atoms with Crippen LogP contribution in [0.4, 0.5) is 5.69 Å². The van der Waals surface area contributed by atoms with Gasteiger partial charge < -0.3 is 0 Å². The highest BCUT2D eigenvalue weighted by Gasteiger charge is 2.55. The molecule has 1 aliphatic carbocycles. The zero-order chi connectivity index (χ0) is 26.0. The lowest BCUT2D eigenvalue weighted by Gasteiger charge is -2.24. The number of rotatable bonds is 8. The van der Waals surface area contributed by atoms with Gasteiger partial charge in [0, 0.05) is 18.2 Å². The molecule has 192 valence electrons. The Balaban J connectivity index is 1.52. The quantitative estimate of drug-likeness (QED) is 0.187. The third-order valence-electron chi connectivity index (χ3n) is 7.26. The first-order valence-electron chi connectivity index (χ1n) is 12.6. The number of sulfonamides is 1. The van der Waals surface area contributed by atoms with Crippen molar-refractivity contribution in [3.05, 3.63) is 106 Å². The van der Waals surface area contributed by atoms with E-state index in [1.54, 1.807) is 36.4 Å². The van der Waals surface area contributed by atoms with Gasteiger partial charge in [-0.05, 0) is 43.0 Å². The Hall–Kier alpha value is -3.56. The molecule has 0 aromatic heterocycles. The summed E-state index contributed by atoms with van der Waals surface area (Å²) in [5.74, 6) is 0. The van der Waals surface area contributed by atoms with Crippen molar-refractivity contribution in [1.29, 1.82) is 0 Å². The predicted molar refractivity (Wildman–Crippen MR) is 143 cm³/mol. The monoisotopic (exact) mass is 518 g/mol. The molecule has 0 spiro atoms. The van der Waals surface area contributed by atoms with E-state index in [4.69, 9.17) is 0 Å². The number of nitrogens with one attached hydrogen (secondary N) is 1. The average Bonchev–Trinajstić information content (AvgIpc) is 3.65. The summed E-state index contributed by atoms with van der Waals surface area (Å²) in [6.45, 7) is 1.90. The highest BCUT2D eigenvalue weighted by molar-refractivity contribution is 7.89. The molecule has 0 bridgehead atoms. The second-order valence-electron chi connectivity index (χ2n) is 9.75. The van der Waals surface area contributed by atoms with E-state index in [0.29, 0.717) is 11.8 Å². The van der Waals surface area contributed by atoms with Gasteiger partial charge in [-0.25, -0.2) is 0 Å². The second-order valence-corrected chi connectivity index (χ2v) is 11.4. The molecule has 1 N–H and O–H groups in total. The van der Waals surface area contributed by atoms with Crippen LogP contribution >= 0.6 is 0 Å². The minimum Gasteiger partial charge on any atom is -0.281 e. The van der Waals surface area contributed by atoms with Crippen molar-refractivity contribution in [2.45, 2.75) is 62.0 Å². The van der Waals surface area contributed by atoms with Crippen LogP contribution < -0.4 is 4.83 Å². The smallest absolute Gasteiger partial charge is 0.276 e. The maximum atomic E-state index is 13.1. The van der Waals surface area contributed by atoms with Gasteiger partial charge in [0.25, 0.3) is 15.7 Å². The molecule has 3 atom stereocenters. The molecule has 2 fully saturated rings. The fraction of sp³-hybridized carbons (Fsp3) is 0.321. The van der Waals surface area contributed by atoms with Gasteiger partial charge in [-0.15, -0.1) is 0 Å². The number of nitro benzene ring substituents is 1. The largest absolute Gasteiger partial charge is 0.281 e. The first kappa shape index (κ1) is 25.1. The van der Waals surface area contributed by atoms with Crippen molar-refractivity contribution in [2.75, 3.05) is 0 Å². The standard InChI is InChI=1S/C28H30N4O4S/c1-20-12-18-25(19-13-20)37(35,36)30-29-26(21-8-4-2-5-9-21)28-27(31(28)23-10-6-3-7-11-23)22-14-16-24(17-15-22)32(33)34/h2,4-5,8-9,12-19,23,27-28,30H,3,6-7,10-11H2,1H3/b29-26+/t27-,28+,31?/m1/s1.